The monoisotopic (exact) mass is 361 g/mol. The molecule has 0 aliphatic rings. The topological polar surface area (TPSA) is 64.0 Å². The van der Waals surface area contributed by atoms with Gasteiger partial charge in [0.1, 0.15) is 0 Å². The maximum absolute atomic E-state index is 12.8. The van der Waals surface area contributed by atoms with E-state index in [0.29, 0.717) is 22.0 Å². The van der Waals surface area contributed by atoms with E-state index < -0.39 is 10.0 Å². The summed E-state index contributed by atoms with van der Waals surface area (Å²) in [6, 6.07) is 11.9. The van der Waals surface area contributed by atoms with Gasteiger partial charge in [-0.3, -0.25) is 4.72 Å². The molecule has 3 rings (SSSR count). The quantitative estimate of drug-likeness (QED) is 0.765. The molecule has 24 heavy (non-hydrogen) atoms. The molecule has 0 saturated carbocycles. The molecule has 7 heteroatoms. The molecule has 2 aromatic carbocycles. The minimum atomic E-state index is -3.74. The van der Waals surface area contributed by atoms with Crippen LogP contribution >= 0.6 is 11.6 Å². The van der Waals surface area contributed by atoms with E-state index in [4.69, 9.17) is 11.6 Å². The van der Waals surface area contributed by atoms with Crippen molar-refractivity contribution in [3.05, 3.63) is 71.0 Å². The van der Waals surface area contributed by atoms with Crippen LogP contribution in [0, 0.1) is 13.8 Å². The van der Waals surface area contributed by atoms with Crippen LogP contribution in [0.1, 0.15) is 11.1 Å². The minimum absolute atomic E-state index is 0.236. The second-order valence-electron chi connectivity index (χ2n) is 5.49. The van der Waals surface area contributed by atoms with Gasteiger partial charge in [0.05, 0.1) is 16.3 Å². The Balaban J connectivity index is 2.06. The first kappa shape index (κ1) is 16.5. The maximum atomic E-state index is 12.8. The predicted octanol–water partition coefficient (Wildman–Crippen LogP) is 3.94. The Bertz CT molecular complexity index is 983. The standard InChI is InChI=1S/C17H16ClN3O2S/c1-12-4-7-17(13(2)10-12)24(22,23)20-15-11-14(18)5-6-16(15)21-9-3-8-19-21/h3-11,20H,1-2H3. The highest BCUT2D eigenvalue weighted by Gasteiger charge is 2.19. The number of halogens is 1. The molecule has 1 aromatic heterocycles. The van der Waals surface area contributed by atoms with Gasteiger partial charge in [-0.2, -0.15) is 5.10 Å². The molecule has 0 unspecified atom stereocenters. The number of sulfonamides is 1. The Morgan fingerprint density at radius 2 is 1.92 bits per heavy atom. The van der Waals surface area contributed by atoms with Crippen molar-refractivity contribution in [3.63, 3.8) is 0 Å². The number of rotatable bonds is 4. The molecule has 0 bridgehead atoms. The number of benzene rings is 2. The molecule has 0 saturated heterocycles. The molecule has 124 valence electrons. The Morgan fingerprint density at radius 1 is 1.12 bits per heavy atom. The lowest BCUT2D eigenvalue weighted by atomic mass is 10.2. The van der Waals surface area contributed by atoms with Gasteiger partial charge in [0, 0.05) is 17.4 Å². The van der Waals surface area contributed by atoms with E-state index in [1.165, 1.54) is 0 Å². The van der Waals surface area contributed by atoms with Crippen LogP contribution in [-0.4, -0.2) is 18.2 Å². The van der Waals surface area contributed by atoms with Crippen molar-refractivity contribution in [3.8, 4) is 5.69 Å². The first-order chi connectivity index (χ1) is 11.4. The molecule has 0 radical (unpaired) electrons. The number of anilines is 1. The summed E-state index contributed by atoms with van der Waals surface area (Å²) in [6.07, 6.45) is 3.36. The zero-order valence-electron chi connectivity index (χ0n) is 13.2. The fourth-order valence-corrected chi connectivity index (χ4v) is 3.97. The van der Waals surface area contributed by atoms with E-state index in [9.17, 15) is 8.42 Å². The van der Waals surface area contributed by atoms with Gasteiger partial charge in [-0.1, -0.05) is 29.3 Å². The highest BCUT2D eigenvalue weighted by Crippen LogP contribution is 2.27. The predicted molar refractivity (Wildman–Crippen MR) is 95.3 cm³/mol. The Hall–Kier alpha value is -2.31. The highest BCUT2D eigenvalue weighted by atomic mass is 35.5. The van der Waals surface area contributed by atoms with Crippen LogP contribution < -0.4 is 4.72 Å². The molecule has 1 N–H and O–H groups in total. The number of aryl methyl sites for hydroxylation is 2. The first-order valence-corrected chi connectivity index (χ1v) is 9.12. The van der Waals surface area contributed by atoms with Crippen molar-refractivity contribution < 1.29 is 8.42 Å². The molecule has 0 aliphatic carbocycles. The summed E-state index contributed by atoms with van der Waals surface area (Å²) in [6.45, 7) is 3.69. The van der Waals surface area contributed by atoms with Crippen molar-refractivity contribution in [2.24, 2.45) is 0 Å². The molecule has 0 spiro atoms. The third-order valence-corrected chi connectivity index (χ3v) is 5.33. The molecule has 0 atom stereocenters. The molecule has 5 nitrogen and oxygen atoms in total. The van der Waals surface area contributed by atoms with E-state index in [-0.39, 0.29) is 4.90 Å². The summed E-state index contributed by atoms with van der Waals surface area (Å²) in [5, 5.41) is 4.58. The van der Waals surface area contributed by atoms with Gasteiger partial charge in [-0.25, -0.2) is 13.1 Å². The first-order valence-electron chi connectivity index (χ1n) is 7.26. The second kappa shape index (κ2) is 6.30. The molecule has 0 aliphatic heterocycles. The Kier molecular flexibility index (Phi) is 4.34. The van der Waals surface area contributed by atoms with Crippen LogP contribution in [0.25, 0.3) is 5.69 Å². The average Bonchev–Trinajstić information content (AvgIpc) is 3.00. The van der Waals surface area contributed by atoms with Gasteiger partial charge in [0.2, 0.25) is 0 Å². The summed E-state index contributed by atoms with van der Waals surface area (Å²) in [5.41, 5.74) is 2.65. The zero-order chi connectivity index (χ0) is 17.3. The third-order valence-electron chi connectivity index (χ3n) is 3.57. The van der Waals surface area contributed by atoms with E-state index in [1.807, 2.05) is 13.0 Å². The van der Waals surface area contributed by atoms with Crippen LogP contribution in [0.2, 0.25) is 5.02 Å². The van der Waals surface area contributed by atoms with Gasteiger partial charge < -0.3 is 0 Å². The summed E-state index contributed by atoms with van der Waals surface area (Å²) < 4.78 is 29.8. The van der Waals surface area contributed by atoms with Crippen molar-refractivity contribution in [1.82, 2.24) is 9.78 Å². The van der Waals surface area contributed by atoms with E-state index in [2.05, 4.69) is 9.82 Å². The number of hydrogen-bond donors (Lipinski definition) is 1. The largest absolute Gasteiger partial charge is 0.277 e. The summed E-state index contributed by atoms with van der Waals surface area (Å²) >= 11 is 6.04. The van der Waals surface area contributed by atoms with Crippen LogP contribution in [0.15, 0.2) is 59.8 Å². The SMILES string of the molecule is Cc1ccc(S(=O)(=O)Nc2cc(Cl)ccc2-n2cccn2)c(C)c1. The van der Waals surface area contributed by atoms with Crippen LogP contribution in [0.4, 0.5) is 5.69 Å². The Labute approximate surface area is 145 Å². The van der Waals surface area contributed by atoms with Gasteiger partial charge in [0.25, 0.3) is 10.0 Å². The molecule has 1 heterocycles. The number of hydrogen-bond acceptors (Lipinski definition) is 3. The fourth-order valence-electron chi connectivity index (χ4n) is 2.50. The summed E-state index contributed by atoms with van der Waals surface area (Å²) in [7, 11) is -3.74. The minimum Gasteiger partial charge on any atom is -0.277 e. The van der Waals surface area contributed by atoms with E-state index in [0.717, 1.165) is 5.56 Å². The number of nitrogens with zero attached hydrogens (tertiary/aromatic N) is 2. The highest BCUT2D eigenvalue weighted by molar-refractivity contribution is 7.92. The van der Waals surface area contributed by atoms with E-state index in [1.54, 1.807) is 60.4 Å². The molecule has 3 aromatic rings. The van der Waals surface area contributed by atoms with Gasteiger partial charge in [0.15, 0.2) is 0 Å². The number of nitrogens with one attached hydrogen (secondary N) is 1. The van der Waals surface area contributed by atoms with Crippen molar-refractivity contribution in [1.29, 1.82) is 0 Å². The lowest BCUT2D eigenvalue weighted by molar-refractivity contribution is 0.600. The molecular weight excluding hydrogens is 346 g/mol. The van der Waals surface area contributed by atoms with Crippen molar-refractivity contribution in [2.75, 3.05) is 4.72 Å². The average molecular weight is 362 g/mol. The second-order valence-corrected chi connectivity index (χ2v) is 7.57. The summed E-state index contributed by atoms with van der Waals surface area (Å²) in [5.74, 6) is 0. The normalized spacial score (nSPS) is 11.5. The van der Waals surface area contributed by atoms with Gasteiger partial charge >= 0.3 is 0 Å². The number of aromatic nitrogens is 2. The van der Waals surface area contributed by atoms with Crippen LogP contribution in [0.5, 0.6) is 0 Å². The lowest BCUT2D eigenvalue weighted by Crippen LogP contribution is -2.16. The molecule has 0 amide bonds. The zero-order valence-corrected chi connectivity index (χ0v) is 14.8. The van der Waals surface area contributed by atoms with E-state index >= 15 is 0 Å². The van der Waals surface area contributed by atoms with Crippen molar-refractivity contribution in [2.45, 2.75) is 18.7 Å². The smallest absolute Gasteiger partial charge is 0.262 e. The Morgan fingerprint density at radius 3 is 2.58 bits per heavy atom. The third kappa shape index (κ3) is 3.29. The lowest BCUT2D eigenvalue weighted by Gasteiger charge is -2.14. The fraction of sp³-hybridized carbons (Fsp3) is 0.118. The molecule has 0 fully saturated rings. The maximum Gasteiger partial charge on any atom is 0.262 e. The molecular formula is C17H16ClN3O2S. The van der Waals surface area contributed by atoms with Crippen LogP contribution in [-0.2, 0) is 10.0 Å². The van der Waals surface area contributed by atoms with Crippen LogP contribution in [0.3, 0.4) is 0 Å². The summed E-state index contributed by atoms with van der Waals surface area (Å²) in [4.78, 5) is 0.236. The van der Waals surface area contributed by atoms with Crippen molar-refractivity contribution >= 4 is 27.3 Å². The van der Waals surface area contributed by atoms with Gasteiger partial charge in [-0.05, 0) is 49.7 Å². The van der Waals surface area contributed by atoms with Gasteiger partial charge in [-0.15, -0.1) is 0 Å².